The van der Waals surface area contributed by atoms with Crippen LogP contribution >= 0.6 is 15.9 Å². The lowest BCUT2D eigenvalue weighted by Crippen LogP contribution is -2.52. The molecule has 1 rings (SSSR count). The van der Waals surface area contributed by atoms with Crippen LogP contribution < -0.4 is 0 Å². The lowest BCUT2D eigenvalue weighted by atomic mass is 9.95. The molecule has 1 amide bonds. The topological polar surface area (TPSA) is 55.8 Å². The molecule has 0 unspecified atom stereocenters. The molecule has 0 aromatic rings. The van der Waals surface area contributed by atoms with Gasteiger partial charge in [0.05, 0.1) is 17.5 Å². The molecule has 0 aromatic heterocycles. The highest BCUT2D eigenvalue weighted by molar-refractivity contribution is 9.09. The molecule has 1 saturated heterocycles. The first kappa shape index (κ1) is 16.2. The van der Waals surface area contributed by atoms with Gasteiger partial charge in [-0.15, -0.1) is 0 Å². The highest BCUT2D eigenvalue weighted by Gasteiger charge is 2.36. The lowest BCUT2D eigenvalue weighted by molar-refractivity contribution is -0.119. The molecule has 0 radical (unpaired) electrons. The van der Waals surface area contributed by atoms with E-state index in [2.05, 4.69) is 22.5 Å². The second-order valence-corrected chi connectivity index (χ2v) is 4.98. The molecule has 0 aromatic carbocycles. The van der Waals surface area contributed by atoms with Crippen molar-refractivity contribution in [3.63, 3.8) is 0 Å². The number of hydrogen-bond acceptors (Lipinski definition) is 4. The number of ketones is 1. The van der Waals surface area contributed by atoms with Crippen molar-refractivity contribution in [2.75, 3.05) is 25.6 Å². The second kappa shape index (κ2) is 8.32. The van der Waals surface area contributed by atoms with Crippen LogP contribution in [-0.2, 0) is 14.3 Å². The lowest BCUT2D eigenvalue weighted by Gasteiger charge is -2.39. The molecule has 19 heavy (non-hydrogen) atoms. The number of amides is 1. The fourth-order valence-corrected chi connectivity index (χ4v) is 2.49. The summed E-state index contributed by atoms with van der Waals surface area (Å²) in [7, 11) is 1.61. The molecule has 0 N–H and O–H groups in total. The molecule has 0 saturated carbocycles. The Balaban J connectivity index is 2.75. The minimum Gasteiger partial charge on any atom is -0.445 e. The number of nitrogens with zero attached hydrogens (tertiary/aromatic N) is 1. The first-order valence-electron chi connectivity index (χ1n) is 6.28. The second-order valence-electron chi connectivity index (χ2n) is 4.42. The maximum atomic E-state index is 12.0. The zero-order valence-corrected chi connectivity index (χ0v) is 12.7. The van der Waals surface area contributed by atoms with Crippen LogP contribution in [0.25, 0.3) is 0 Å². The van der Waals surface area contributed by atoms with Crippen molar-refractivity contribution in [3.05, 3.63) is 12.7 Å². The van der Waals surface area contributed by atoms with Crippen LogP contribution in [0.5, 0.6) is 0 Å². The van der Waals surface area contributed by atoms with Gasteiger partial charge in [-0.1, -0.05) is 28.6 Å². The molecule has 1 aliphatic heterocycles. The van der Waals surface area contributed by atoms with Crippen molar-refractivity contribution in [2.45, 2.75) is 31.4 Å². The number of piperidine rings is 1. The van der Waals surface area contributed by atoms with Gasteiger partial charge in [-0.05, 0) is 12.8 Å². The summed E-state index contributed by atoms with van der Waals surface area (Å²) < 4.78 is 10.5. The molecule has 2 atom stereocenters. The van der Waals surface area contributed by atoms with Gasteiger partial charge in [0.15, 0.2) is 0 Å². The maximum Gasteiger partial charge on any atom is 0.410 e. The number of ether oxygens (including phenoxy) is 2. The molecular formula is C13H20BrNO4. The highest BCUT2D eigenvalue weighted by atomic mass is 79.9. The van der Waals surface area contributed by atoms with Gasteiger partial charge < -0.3 is 14.4 Å². The molecule has 5 nitrogen and oxygen atoms in total. The minimum absolute atomic E-state index is 0.0514. The Labute approximate surface area is 122 Å². The summed E-state index contributed by atoms with van der Waals surface area (Å²) in [5, 5.41) is 0.287. The van der Waals surface area contributed by atoms with Crippen molar-refractivity contribution in [3.8, 4) is 0 Å². The zero-order chi connectivity index (χ0) is 14.3. The van der Waals surface area contributed by atoms with E-state index in [4.69, 9.17) is 9.47 Å². The van der Waals surface area contributed by atoms with Crippen LogP contribution in [0.15, 0.2) is 12.7 Å². The van der Waals surface area contributed by atoms with Gasteiger partial charge in [0.25, 0.3) is 0 Å². The van der Waals surface area contributed by atoms with E-state index in [1.54, 1.807) is 12.0 Å². The van der Waals surface area contributed by atoms with E-state index in [9.17, 15) is 9.59 Å². The Morgan fingerprint density at radius 1 is 1.53 bits per heavy atom. The van der Waals surface area contributed by atoms with Crippen LogP contribution in [0.2, 0.25) is 0 Å². The third-order valence-corrected chi connectivity index (χ3v) is 3.79. The van der Waals surface area contributed by atoms with Gasteiger partial charge in [-0.2, -0.15) is 0 Å². The normalized spacial score (nSPS) is 22.9. The SMILES string of the molecule is C=CCOC(=O)N1CCC[C@H](OC)[C@@H]1CC(=O)CBr. The van der Waals surface area contributed by atoms with Crippen molar-refractivity contribution in [1.82, 2.24) is 4.90 Å². The van der Waals surface area contributed by atoms with Crippen LogP contribution in [0, 0.1) is 0 Å². The van der Waals surface area contributed by atoms with E-state index in [0.717, 1.165) is 12.8 Å². The fourth-order valence-electron chi connectivity index (χ4n) is 2.27. The number of Topliss-reactive ketones (excluding diaryl/α,β-unsaturated/α-hetero) is 1. The van der Waals surface area contributed by atoms with Gasteiger partial charge in [-0.3, -0.25) is 4.79 Å². The minimum atomic E-state index is -0.408. The average Bonchev–Trinajstić information content (AvgIpc) is 2.44. The number of hydrogen-bond donors (Lipinski definition) is 0. The van der Waals surface area contributed by atoms with Crippen LogP contribution in [0.4, 0.5) is 4.79 Å². The highest BCUT2D eigenvalue weighted by Crippen LogP contribution is 2.24. The van der Waals surface area contributed by atoms with E-state index in [1.165, 1.54) is 6.08 Å². The van der Waals surface area contributed by atoms with Gasteiger partial charge in [0, 0.05) is 20.1 Å². The van der Waals surface area contributed by atoms with Crippen LogP contribution in [0.3, 0.4) is 0 Å². The molecule has 6 heteroatoms. The number of halogens is 1. The summed E-state index contributed by atoms with van der Waals surface area (Å²) in [6.45, 7) is 4.27. The van der Waals surface area contributed by atoms with Crippen molar-refractivity contribution in [1.29, 1.82) is 0 Å². The van der Waals surface area contributed by atoms with E-state index in [-0.39, 0.29) is 36.3 Å². The molecular weight excluding hydrogens is 314 g/mol. The van der Waals surface area contributed by atoms with Gasteiger partial charge in [0.2, 0.25) is 0 Å². The summed E-state index contributed by atoms with van der Waals surface area (Å²) in [4.78, 5) is 25.2. The molecule has 0 spiro atoms. The average molecular weight is 334 g/mol. The van der Waals surface area contributed by atoms with Crippen LogP contribution in [0.1, 0.15) is 19.3 Å². The molecule has 0 aliphatic carbocycles. The molecule has 0 bridgehead atoms. The number of rotatable bonds is 6. The van der Waals surface area contributed by atoms with Gasteiger partial charge in [0.1, 0.15) is 12.4 Å². The maximum absolute atomic E-state index is 12.0. The summed E-state index contributed by atoms with van der Waals surface area (Å²) >= 11 is 3.14. The van der Waals surface area contributed by atoms with Crippen molar-refractivity contribution in [2.24, 2.45) is 0 Å². The largest absolute Gasteiger partial charge is 0.445 e. The van der Waals surface area contributed by atoms with E-state index >= 15 is 0 Å². The molecule has 108 valence electrons. The first-order chi connectivity index (χ1) is 9.13. The van der Waals surface area contributed by atoms with E-state index < -0.39 is 6.09 Å². The van der Waals surface area contributed by atoms with Crippen molar-refractivity contribution >= 4 is 27.8 Å². The summed E-state index contributed by atoms with van der Waals surface area (Å²) in [6, 6.07) is -0.249. The fraction of sp³-hybridized carbons (Fsp3) is 0.692. The third kappa shape index (κ3) is 4.62. The monoisotopic (exact) mass is 333 g/mol. The van der Waals surface area contributed by atoms with Crippen LogP contribution in [-0.4, -0.2) is 54.5 Å². The summed E-state index contributed by atoms with van der Waals surface area (Å²) in [5.74, 6) is 0.0514. The number of likely N-dealkylation sites (tertiary alicyclic amines) is 1. The molecule has 1 fully saturated rings. The predicted molar refractivity (Wildman–Crippen MR) is 75.5 cm³/mol. The Bertz CT molecular complexity index is 335. The van der Waals surface area contributed by atoms with E-state index in [1.807, 2.05) is 0 Å². The number of methoxy groups -OCH3 is 1. The summed E-state index contributed by atoms with van der Waals surface area (Å²) in [6.07, 6.45) is 2.98. The zero-order valence-electron chi connectivity index (χ0n) is 11.1. The van der Waals surface area contributed by atoms with E-state index in [0.29, 0.717) is 6.54 Å². The molecule has 1 heterocycles. The third-order valence-electron chi connectivity index (χ3n) is 3.16. The quantitative estimate of drug-likeness (QED) is 0.552. The Morgan fingerprint density at radius 2 is 2.26 bits per heavy atom. The molecule has 1 aliphatic rings. The Kier molecular flexibility index (Phi) is 7.09. The smallest absolute Gasteiger partial charge is 0.410 e. The number of carbonyl (C=O) groups is 2. The predicted octanol–water partition coefficient (Wildman–Crippen LogP) is 2.14. The Morgan fingerprint density at radius 3 is 2.84 bits per heavy atom. The number of carbonyl (C=O) groups excluding carboxylic acids is 2. The first-order valence-corrected chi connectivity index (χ1v) is 7.41. The van der Waals surface area contributed by atoms with Crippen molar-refractivity contribution < 1.29 is 19.1 Å². The Hall–Kier alpha value is -0.880. The number of alkyl halides is 1. The van der Waals surface area contributed by atoms with Gasteiger partial charge in [-0.25, -0.2) is 4.79 Å². The standard InChI is InChI=1S/C13H20BrNO4/c1-3-7-19-13(17)15-6-4-5-12(18-2)11(15)8-10(16)9-14/h3,11-12H,1,4-9H2,2H3/t11-,12-/m0/s1. The summed E-state index contributed by atoms with van der Waals surface area (Å²) in [5.41, 5.74) is 0. The van der Waals surface area contributed by atoms with Gasteiger partial charge >= 0.3 is 6.09 Å².